The summed E-state index contributed by atoms with van der Waals surface area (Å²) in [7, 11) is 3.04. The number of ether oxygens (including phenoxy) is 2. The number of nitrogens with two attached hydrogens (primary N) is 2. The molecule has 0 bridgehead atoms. The van der Waals surface area contributed by atoms with E-state index >= 15 is 0 Å². The molecule has 1 heterocycles. The van der Waals surface area contributed by atoms with Crippen molar-refractivity contribution in [1.82, 2.24) is 9.69 Å². The third-order valence-corrected chi connectivity index (χ3v) is 7.89. The molecule has 1 aromatic heterocycles. The molecule has 1 aliphatic rings. The summed E-state index contributed by atoms with van der Waals surface area (Å²) in [6.07, 6.45) is 4.92. The third kappa shape index (κ3) is 6.04. The summed E-state index contributed by atoms with van der Waals surface area (Å²) in [5.41, 5.74) is 14.1. The number of anilines is 2. The molecule has 3 amide bonds. The van der Waals surface area contributed by atoms with Crippen LogP contribution in [0.5, 0.6) is 11.5 Å². The summed E-state index contributed by atoms with van der Waals surface area (Å²) < 4.78 is 15.0. The maximum atomic E-state index is 14.3. The molecule has 0 unspecified atom stereocenters. The van der Waals surface area contributed by atoms with E-state index in [-0.39, 0.29) is 28.2 Å². The molecular weight excluding hydrogens is 530 g/mol. The van der Waals surface area contributed by atoms with E-state index in [1.807, 2.05) is 32.0 Å². The van der Waals surface area contributed by atoms with Crippen molar-refractivity contribution in [2.45, 2.75) is 58.0 Å². The molecule has 11 heteroatoms. The van der Waals surface area contributed by atoms with Crippen molar-refractivity contribution in [3.05, 3.63) is 63.7 Å². The lowest BCUT2D eigenvalue weighted by atomic mass is 9.94. The Kier molecular flexibility index (Phi) is 8.93. The van der Waals surface area contributed by atoms with Crippen LogP contribution in [0.25, 0.3) is 0 Å². The fourth-order valence-electron chi connectivity index (χ4n) is 5.18. The number of benzene rings is 2. The first-order valence-corrected chi connectivity index (χ1v) is 13.9. The zero-order valence-electron chi connectivity index (χ0n) is 23.2. The third-order valence-electron chi connectivity index (χ3n) is 7.04. The summed E-state index contributed by atoms with van der Waals surface area (Å²) in [4.78, 5) is 41.8. The highest BCUT2D eigenvalue weighted by Gasteiger charge is 2.37. The van der Waals surface area contributed by atoms with Crippen molar-refractivity contribution in [2.24, 2.45) is 5.73 Å². The van der Waals surface area contributed by atoms with Gasteiger partial charge in [-0.3, -0.25) is 19.3 Å². The second-order valence-electron chi connectivity index (χ2n) is 10.0. The van der Waals surface area contributed by atoms with Crippen molar-refractivity contribution in [3.8, 4) is 11.5 Å². The van der Waals surface area contributed by atoms with E-state index in [4.69, 9.17) is 20.9 Å². The molecule has 4 rings (SSSR count). The largest absolute Gasteiger partial charge is 0.493 e. The summed E-state index contributed by atoms with van der Waals surface area (Å²) in [6, 6.07) is 9.66. The zero-order valence-corrected chi connectivity index (χ0v) is 24.0. The standard InChI is InChI=1S/C29H35N5O5S/c1-16-12-17(2)14-20(13-16)34(29(37)26-23(30)24(27(31)35)33-40-26)25(28(36)32-19-8-6-5-7-9-19)18-10-11-21(38-3)22(15-18)39-4/h10-15,19,25H,5-9,30H2,1-4H3,(H2,31,35)(H,32,36)/t25-/m0/s1. The van der Waals surface area contributed by atoms with Gasteiger partial charge in [-0.1, -0.05) is 31.4 Å². The van der Waals surface area contributed by atoms with Crippen LogP contribution in [0.1, 0.15) is 75.0 Å². The Morgan fingerprint density at radius 2 is 1.65 bits per heavy atom. The van der Waals surface area contributed by atoms with E-state index in [0.717, 1.165) is 54.8 Å². The van der Waals surface area contributed by atoms with E-state index in [2.05, 4.69) is 9.69 Å². The minimum atomic E-state index is -1.10. The van der Waals surface area contributed by atoms with Crippen LogP contribution in [0.4, 0.5) is 11.4 Å². The lowest BCUT2D eigenvalue weighted by molar-refractivity contribution is -0.123. The van der Waals surface area contributed by atoms with Gasteiger partial charge in [-0.15, -0.1) is 0 Å². The Morgan fingerprint density at radius 3 is 2.23 bits per heavy atom. The molecule has 212 valence electrons. The number of hydrogen-bond acceptors (Lipinski definition) is 8. The van der Waals surface area contributed by atoms with Gasteiger partial charge < -0.3 is 26.3 Å². The van der Waals surface area contributed by atoms with Gasteiger partial charge in [0.2, 0.25) is 5.91 Å². The SMILES string of the molecule is COc1ccc([C@@H](C(=O)NC2CCCCC2)N(C(=O)c2snc(C(N)=O)c2N)c2cc(C)cc(C)c2)cc1OC. The van der Waals surface area contributed by atoms with Crippen LogP contribution in [0.2, 0.25) is 0 Å². The number of nitrogen functional groups attached to an aromatic ring is 1. The molecule has 40 heavy (non-hydrogen) atoms. The molecule has 2 aromatic carbocycles. The minimum Gasteiger partial charge on any atom is -0.493 e. The molecule has 1 atom stereocenters. The molecule has 5 N–H and O–H groups in total. The monoisotopic (exact) mass is 565 g/mol. The fraction of sp³-hybridized carbons (Fsp3) is 0.379. The summed E-state index contributed by atoms with van der Waals surface area (Å²) in [5, 5.41) is 3.18. The number of hydrogen-bond donors (Lipinski definition) is 3. The van der Waals surface area contributed by atoms with E-state index in [1.165, 1.54) is 19.1 Å². The number of amides is 3. The number of rotatable bonds is 9. The summed E-state index contributed by atoms with van der Waals surface area (Å²) in [5.74, 6) is -0.857. The number of aryl methyl sites for hydroxylation is 2. The van der Waals surface area contributed by atoms with Crippen molar-refractivity contribution < 1.29 is 23.9 Å². The molecule has 1 fully saturated rings. The fourth-order valence-corrected chi connectivity index (χ4v) is 5.92. The van der Waals surface area contributed by atoms with E-state index in [1.54, 1.807) is 18.2 Å². The average molecular weight is 566 g/mol. The van der Waals surface area contributed by atoms with Crippen LogP contribution >= 0.6 is 11.5 Å². The molecule has 0 spiro atoms. The highest BCUT2D eigenvalue weighted by Crippen LogP contribution is 2.37. The molecule has 1 aliphatic carbocycles. The van der Waals surface area contributed by atoms with Gasteiger partial charge in [0.1, 0.15) is 10.9 Å². The highest BCUT2D eigenvalue weighted by molar-refractivity contribution is 7.09. The number of methoxy groups -OCH3 is 2. The van der Waals surface area contributed by atoms with Crippen LogP contribution in [0.3, 0.4) is 0 Å². The van der Waals surface area contributed by atoms with E-state index in [0.29, 0.717) is 22.7 Å². The van der Waals surface area contributed by atoms with Crippen LogP contribution in [-0.4, -0.2) is 42.4 Å². The lowest BCUT2D eigenvalue weighted by Crippen LogP contribution is -2.47. The maximum Gasteiger partial charge on any atom is 0.273 e. The number of carbonyl (C=O) groups is 3. The quantitative estimate of drug-likeness (QED) is 0.350. The van der Waals surface area contributed by atoms with E-state index in [9.17, 15) is 14.4 Å². The zero-order chi connectivity index (χ0) is 29.0. The smallest absolute Gasteiger partial charge is 0.273 e. The number of aromatic nitrogens is 1. The second-order valence-corrected chi connectivity index (χ2v) is 10.8. The Hall–Kier alpha value is -4.12. The predicted molar refractivity (Wildman–Crippen MR) is 155 cm³/mol. The lowest BCUT2D eigenvalue weighted by Gasteiger charge is -2.34. The molecule has 3 aromatic rings. The normalized spacial score (nSPS) is 14.3. The van der Waals surface area contributed by atoms with Gasteiger partial charge in [-0.05, 0) is 79.2 Å². The number of primary amides is 1. The minimum absolute atomic E-state index is 0.00460. The van der Waals surface area contributed by atoms with Crippen molar-refractivity contribution >= 4 is 40.6 Å². The number of carbonyl (C=O) groups excluding carboxylic acids is 3. The first-order chi connectivity index (χ1) is 19.1. The van der Waals surface area contributed by atoms with Crippen LogP contribution in [-0.2, 0) is 4.79 Å². The van der Waals surface area contributed by atoms with Crippen molar-refractivity contribution in [3.63, 3.8) is 0 Å². The molecule has 0 saturated heterocycles. The first kappa shape index (κ1) is 28.9. The molecule has 1 saturated carbocycles. The molecule has 0 aliphatic heterocycles. The first-order valence-electron chi connectivity index (χ1n) is 13.1. The van der Waals surface area contributed by atoms with Gasteiger partial charge in [0.05, 0.1) is 19.9 Å². The summed E-state index contributed by atoms with van der Waals surface area (Å²) >= 11 is 0.774. The number of nitrogens with zero attached hydrogens (tertiary/aromatic N) is 2. The van der Waals surface area contributed by atoms with Gasteiger partial charge in [0.15, 0.2) is 17.2 Å². The average Bonchev–Trinajstić information content (AvgIpc) is 3.32. The van der Waals surface area contributed by atoms with Gasteiger partial charge in [-0.25, -0.2) is 0 Å². The van der Waals surface area contributed by atoms with Crippen LogP contribution in [0, 0.1) is 13.8 Å². The van der Waals surface area contributed by atoms with Crippen molar-refractivity contribution in [2.75, 3.05) is 24.9 Å². The van der Waals surface area contributed by atoms with Crippen LogP contribution < -0.4 is 31.2 Å². The van der Waals surface area contributed by atoms with Crippen LogP contribution in [0.15, 0.2) is 36.4 Å². The molecule has 10 nitrogen and oxygen atoms in total. The Balaban J connectivity index is 1.91. The van der Waals surface area contributed by atoms with Gasteiger partial charge in [-0.2, -0.15) is 4.37 Å². The van der Waals surface area contributed by atoms with Gasteiger partial charge >= 0.3 is 0 Å². The van der Waals surface area contributed by atoms with Gasteiger partial charge in [0, 0.05) is 11.7 Å². The van der Waals surface area contributed by atoms with Crippen molar-refractivity contribution in [1.29, 1.82) is 0 Å². The molecular formula is C29H35N5O5S. The highest BCUT2D eigenvalue weighted by atomic mass is 32.1. The Bertz CT molecular complexity index is 1400. The number of nitrogens with one attached hydrogen (secondary N) is 1. The predicted octanol–water partition coefficient (Wildman–Crippen LogP) is 4.30. The van der Waals surface area contributed by atoms with Gasteiger partial charge in [0.25, 0.3) is 11.8 Å². The summed E-state index contributed by atoms with van der Waals surface area (Å²) in [6.45, 7) is 3.83. The maximum absolute atomic E-state index is 14.3. The van der Waals surface area contributed by atoms with E-state index < -0.39 is 17.9 Å². The molecule has 0 radical (unpaired) electrons. The topological polar surface area (TPSA) is 150 Å². The Morgan fingerprint density at radius 1 is 1.00 bits per heavy atom. The second kappa shape index (κ2) is 12.4. The Labute approximate surface area is 237 Å².